The van der Waals surface area contributed by atoms with E-state index in [1.54, 1.807) is 19.2 Å². The molecule has 0 saturated carbocycles. The van der Waals surface area contributed by atoms with Crippen molar-refractivity contribution in [2.45, 2.75) is 13.2 Å². The summed E-state index contributed by atoms with van der Waals surface area (Å²) in [7, 11) is 1.66. The second-order valence-electron chi connectivity index (χ2n) is 4.23. The summed E-state index contributed by atoms with van der Waals surface area (Å²) in [5.41, 5.74) is 2.61. The first kappa shape index (κ1) is 13.8. The number of hydrogen-bond acceptors (Lipinski definition) is 2. The van der Waals surface area contributed by atoms with Crippen LogP contribution in [-0.4, -0.2) is 7.11 Å². The lowest BCUT2D eigenvalue weighted by molar-refractivity contribution is 0.185. The van der Waals surface area contributed by atoms with Gasteiger partial charge in [-0.05, 0) is 29.3 Å². The third-order valence-corrected chi connectivity index (χ3v) is 2.95. The van der Waals surface area contributed by atoms with Gasteiger partial charge in [0, 0.05) is 18.7 Å². The summed E-state index contributed by atoms with van der Waals surface area (Å²) in [6.07, 6.45) is 0. The fourth-order valence-corrected chi connectivity index (χ4v) is 1.98. The first-order valence-corrected chi connectivity index (χ1v) is 6.32. The van der Waals surface area contributed by atoms with Crippen LogP contribution in [0.2, 0.25) is 5.02 Å². The van der Waals surface area contributed by atoms with Crippen LogP contribution in [0.4, 0.5) is 10.1 Å². The Morgan fingerprint density at radius 1 is 1.16 bits per heavy atom. The van der Waals surface area contributed by atoms with E-state index in [4.69, 9.17) is 16.3 Å². The van der Waals surface area contributed by atoms with Crippen LogP contribution in [0.25, 0.3) is 0 Å². The molecule has 0 bridgehead atoms. The van der Waals surface area contributed by atoms with Crippen molar-refractivity contribution in [1.82, 2.24) is 0 Å². The number of hydrogen-bond donors (Lipinski definition) is 1. The minimum absolute atomic E-state index is 0.347. The van der Waals surface area contributed by atoms with Crippen LogP contribution in [0.3, 0.4) is 0 Å². The van der Waals surface area contributed by atoms with E-state index in [0.717, 1.165) is 11.1 Å². The number of benzene rings is 2. The average molecular weight is 280 g/mol. The molecular formula is C15H15ClFNO. The third kappa shape index (κ3) is 3.94. The Labute approximate surface area is 117 Å². The lowest BCUT2D eigenvalue weighted by Crippen LogP contribution is -2.02. The maximum Gasteiger partial charge on any atom is 0.147 e. The van der Waals surface area contributed by atoms with Gasteiger partial charge in [-0.3, -0.25) is 0 Å². The molecule has 0 radical (unpaired) electrons. The Morgan fingerprint density at radius 3 is 2.68 bits per heavy atom. The van der Waals surface area contributed by atoms with Gasteiger partial charge >= 0.3 is 0 Å². The monoisotopic (exact) mass is 279 g/mol. The molecule has 19 heavy (non-hydrogen) atoms. The number of ether oxygens (including phenoxy) is 1. The molecule has 1 N–H and O–H groups in total. The third-order valence-electron chi connectivity index (χ3n) is 2.72. The molecule has 0 heterocycles. The van der Waals surface area contributed by atoms with E-state index in [-0.39, 0.29) is 5.82 Å². The number of anilines is 1. The van der Waals surface area contributed by atoms with Crippen LogP contribution in [0.1, 0.15) is 11.1 Å². The predicted octanol–water partition coefficient (Wildman–Crippen LogP) is 4.24. The van der Waals surface area contributed by atoms with Gasteiger partial charge in [-0.25, -0.2) is 4.39 Å². The van der Waals surface area contributed by atoms with Crippen LogP contribution in [0.15, 0.2) is 42.5 Å². The molecule has 0 amide bonds. The molecule has 0 unspecified atom stereocenters. The largest absolute Gasteiger partial charge is 0.380 e. The molecular weight excluding hydrogens is 265 g/mol. The zero-order valence-electron chi connectivity index (χ0n) is 10.6. The molecule has 0 aliphatic rings. The molecule has 0 spiro atoms. The first-order valence-electron chi connectivity index (χ1n) is 5.94. The maximum absolute atomic E-state index is 13.6. The Balaban J connectivity index is 2.03. The van der Waals surface area contributed by atoms with E-state index < -0.39 is 0 Å². The van der Waals surface area contributed by atoms with E-state index in [0.29, 0.717) is 23.9 Å². The van der Waals surface area contributed by atoms with Crippen molar-refractivity contribution in [3.8, 4) is 0 Å². The maximum atomic E-state index is 13.6. The van der Waals surface area contributed by atoms with Crippen molar-refractivity contribution < 1.29 is 9.13 Å². The van der Waals surface area contributed by atoms with Crippen LogP contribution >= 0.6 is 11.6 Å². The minimum atomic E-state index is -0.347. The fraction of sp³-hybridized carbons (Fsp3) is 0.200. The number of nitrogens with one attached hydrogen (secondary N) is 1. The van der Waals surface area contributed by atoms with Gasteiger partial charge in [0.15, 0.2) is 0 Å². The van der Waals surface area contributed by atoms with Gasteiger partial charge in [0.25, 0.3) is 0 Å². The highest BCUT2D eigenvalue weighted by Gasteiger charge is 2.03. The van der Waals surface area contributed by atoms with Crippen molar-refractivity contribution in [2.24, 2.45) is 0 Å². The molecule has 0 atom stereocenters. The second kappa shape index (κ2) is 6.55. The Morgan fingerprint density at radius 2 is 1.95 bits per heavy atom. The fourth-order valence-electron chi connectivity index (χ4n) is 1.83. The van der Waals surface area contributed by atoms with E-state index >= 15 is 0 Å². The van der Waals surface area contributed by atoms with E-state index in [1.807, 2.05) is 24.3 Å². The molecule has 2 nitrogen and oxygen atoms in total. The van der Waals surface area contributed by atoms with Gasteiger partial charge in [-0.2, -0.15) is 0 Å². The molecule has 0 aromatic heterocycles. The van der Waals surface area contributed by atoms with E-state index in [1.165, 1.54) is 6.07 Å². The molecule has 4 heteroatoms. The quantitative estimate of drug-likeness (QED) is 0.884. The predicted molar refractivity (Wildman–Crippen MR) is 75.9 cm³/mol. The van der Waals surface area contributed by atoms with Crippen molar-refractivity contribution in [3.05, 3.63) is 64.4 Å². The molecule has 0 aliphatic carbocycles. The smallest absolute Gasteiger partial charge is 0.147 e. The lowest BCUT2D eigenvalue weighted by atomic mass is 10.1. The van der Waals surface area contributed by atoms with Crippen LogP contribution in [0, 0.1) is 5.82 Å². The Kier molecular flexibility index (Phi) is 4.77. The van der Waals surface area contributed by atoms with Crippen molar-refractivity contribution in [3.63, 3.8) is 0 Å². The summed E-state index contributed by atoms with van der Waals surface area (Å²) in [6.45, 7) is 1.12. The van der Waals surface area contributed by atoms with Crippen LogP contribution in [-0.2, 0) is 17.9 Å². The summed E-state index contributed by atoms with van der Waals surface area (Å²) in [5.74, 6) is -0.347. The van der Waals surface area contributed by atoms with Gasteiger partial charge in [-0.15, -0.1) is 0 Å². The van der Waals surface area contributed by atoms with Crippen LogP contribution < -0.4 is 5.32 Å². The minimum Gasteiger partial charge on any atom is -0.380 e. The summed E-state index contributed by atoms with van der Waals surface area (Å²) >= 11 is 5.71. The molecule has 100 valence electrons. The standard InChI is InChI=1S/C15H15ClFNO/c1-19-10-12-4-2-3-11(7-12)9-18-15-6-5-13(16)8-14(15)17/h2-8,18H,9-10H2,1H3. The highest BCUT2D eigenvalue weighted by molar-refractivity contribution is 6.30. The average Bonchev–Trinajstić information content (AvgIpc) is 2.38. The summed E-state index contributed by atoms with van der Waals surface area (Å²) in [5, 5.41) is 3.44. The molecule has 2 aromatic carbocycles. The number of rotatable bonds is 5. The van der Waals surface area contributed by atoms with Gasteiger partial charge in [-0.1, -0.05) is 35.9 Å². The molecule has 0 aliphatic heterocycles. The second-order valence-corrected chi connectivity index (χ2v) is 4.67. The number of methoxy groups -OCH3 is 1. The zero-order chi connectivity index (χ0) is 13.7. The van der Waals surface area contributed by atoms with Gasteiger partial charge in [0.05, 0.1) is 12.3 Å². The highest BCUT2D eigenvalue weighted by Crippen LogP contribution is 2.19. The Hall–Kier alpha value is -1.58. The van der Waals surface area contributed by atoms with E-state index in [2.05, 4.69) is 5.32 Å². The van der Waals surface area contributed by atoms with Crippen LogP contribution in [0.5, 0.6) is 0 Å². The zero-order valence-corrected chi connectivity index (χ0v) is 11.4. The van der Waals surface area contributed by atoms with Gasteiger partial charge in [0.1, 0.15) is 5.82 Å². The first-order chi connectivity index (χ1) is 9.19. The van der Waals surface area contributed by atoms with Gasteiger partial charge in [0.2, 0.25) is 0 Å². The summed E-state index contributed by atoms with van der Waals surface area (Å²) in [4.78, 5) is 0. The lowest BCUT2D eigenvalue weighted by Gasteiger charge is -2.09. The SMILES string of the molecule is COCc1cccc(CNc2ccc(Cl)cc2F)c1. The normalized spacial score (nSPS) is 10.5. The number of halogens is 2. The molecule has 2 rings (SSSR count). The van der Waals surface area contributed by atoms with Crippen molar-refractivity contribution in [1.29, 1.82) is 0 Å². The Bertz CT molecular complexity index is 560. The summed E-state index contributed by atoms with van der Waals surface area (Å²) in [6, 6.07) is 12.6. The van der Waals surface area contributed by atoms with E-state index in [9.17, 15) is 4.39 Å². The molecule has 2 aromatic rings. The molecule has 0 saturated heterocycles. The van der Waals surface area contributed by atoms with Crippen molar-refractivity contribution >= 4 is 17.3 Å². The van der Waals surface area contributed by atoms with Crippen molar-refractivity contribution in [2.75, 3.05) is 12.4 Å². The summed E-state index contributed by atoms with van der Waals surface area (Å²) < 4.78 is 18.7. The highest BCUT2D eigenvalue weighted by atomic mass is 35.5. The van der Waals surface area contributed by atoms with Gasteiger partial charge < -0.3 is 10.1 Å². The molecule has 0 fully saturated rings. The topological polar surface area (TPSA) is 21.3 Å².